The fourth-order valence-electron chi connectivity index (χ4n) is 3.02. The average molecular weight is 543 g/mol. The SMILES string of the molecule is Cc1cc(Br)c(Cl)cc1NC(=O)COC(=O)[C@@H]1CC(=O)N(NC(=O)c2ccccc2Cl)C1. The van der Waals surface area contributed by atoms with Crippen LogP contribution in [0, 0.1) is 12.8 Å². The second kappa shape index (κ2) is 10.3. The van der Waals surface area contributed by atoms with Crippen molar-refractivity contribution >= 4 is 68.5 Å². The lowest BCUT2D eigenvalue weighted by Gasteiger charge is -2.18. The maximum absolute atomic E-state index is 12.3. The van der Waals surface area contributed by atoms with Gasteiger partial charge < -0.3 is 10.1 Å². The molecule has 2 aromatic rings. The van der Waals surface area contributed by atoms with Gasteiger partial charge in [-0.2, -0.15) is 0 Å². The number of hydrazine groups is 1. The Labute approximate surface area is 202 Å². The first-order valence-corrected chi connectivity index (χ1v) is 11.0. The third kappa shape index (κ3) is 5.79. The number of rotatable bonds is 6. The Morgan fingerprint density at radius 3 is 2.62 bits per heavy atom. The highest BCUT2D eigenvalue weighted by Gasteiger charge is 2.37. The lowest BCUT2D eigenvalue weighted by molar-refractivity contribution is -0.151. The van der Waals surface area contributed by atoms with Crippen LogP contribution in [-0.2, 0) is 19.1 Å². The lowest BCUT2D eigenvalue weighted by Crippen LogP contribution is -2.43. The summed E-state index contributed by atoms with van der Waals surface area (Å²) in [5.41, 5.74) is 3.90. The van der Waals surface area contributed by atoms with E-state index in [0.717, 1.165) is 10.6 Å². The van der Waals surface area contributed by atoms with Crippen LogP contribution in [0.15, 0.2) is 40.9 Å². The molecule has 32 heavy (non-hydrogen) atoms. The molecule has 0 saturated carbocycles. The number of hydrogen-bond donors (Lipinski definition) is 2. The van der Waals surface area contributed by atoms with Crippen LogP contribution in [-0.4, -0.2) is 41.9 Å². The fourth-order valence-corrected chi connectivity index (χ4v) is 3.87. The largest absolute Gasteiger partial charge is 0.455 e. The second-order valence-corrected chi connectivity index (χ2v) is 8.73. The smallest absolute Gasteiger partial charge is 0.311 e. The number of benzene rings is 2. The van der Waals surface area contributed by atoms with Gasteiger partial charge in [0.2, 0.25) is 5.91 Å². The van der Waals surface area contributed by atoms with Gasteiger partial charge in [0.15, 0.2) is 6.61 Å². The van der Waals surface area contributed by atoms with E-state index < -0.39 is 36.2 Å². The molecule has 3 amide bonds. The molecule has 1 aliphatic rings. The Balaban J connectivity index is 1.51. The summed E-state index contributed by atoms with van der Waals surface area (Å²) in [5, 5.41) is 4.33. The molecular formula is C21H18BrCl2N3O5. The zero-order chi connectivity index (χ0) is 23.4. The van der Waals surface area contributed by atoms with Gasteiger partial charge in [-0.05, 0) is 52.7 Å². The van der Waals surface area contributed by atoms with E-state index in [1.807, 2.05) is 0 Å². The van der Waals surface area contributed by atoms with Crippen LogP contribution < -0.4 is 10.7 Å². The summed E-state index contributed by atoms with van der Waals surface area (Å²) in [6, 6.07) is 9.71. The number of esters is 1. The van der Waals surface area contributed by atoms with Gasteiger partial charge in [0.25, 0.3) is 11.8 Å². The van der Waals surface area contributed by atoms with Crippen molar-refractivity contribution < 1.29 is 23.9 Å². The molecule has 2 aromatic carbocycles. The van der Waals surface area contributed by atoms with E-state index >= 15 is 0 Å². The zero-order valence-electron chi connectivity index (χ0n) is 16.8. The Bertz CT molecular complexity index is 1100. The molecule has 2 N–H and O–H groups in total. The molecule has 0 unspecified atom stereocenters. The second-order valence-electron chi connectivity index (χ2n) is 7.06. The summed E-state index contributed by atoms with van der Waals surface area (Å²) in [5.74, 6) is -3.09. The summed E-state index contributed by atoms with van der Waals surface area (Å²) in [6.07, 6.45) is -0.148. The van der Waals surface area contributed by atoms with Gasteiger partial charge in [0.1, 0.15) is 0 Å². The number of aryl methyl sites for hydroxylation is 1. The summed E-state index contributed by atoms with van der Waals surface area (Å²) in [4.78, 5) is 49.0. The minimum Gasteiger partial charge on any atom is -0.455 e. The number of nitrogens with one attached hydrogen (secondary N) is 2. The average Bonchev–Trinajstić information content (AvgIpc) is 3.10. The molecular weight excluding hydrogens is 525 g/mol. The lowest BCUT2D eigenvalue weighted by atomic mass is 10.1. The standard InChI is InChI=1S/C21H18BrCl2N3O5/c1-11-6-14(22)16(24)8-17(11)25-18(28)10-32-21(31)12-7-19(29)27(9-12)26-20(30)13-4-2-3-5-15(13)23/h2-6,8,12H,7,9-10H2,1H3,(H,25,28)(H,26,30)/t12-/m1/s1. The summed E-state index contributed by atoms with van der Waals surface area (Å²) in [6.45, 7) is 1.19. The molecule has 0 spiro atoms. The minimum atomic E-state index is -0.814. The molecule has 168 valence electrons. The number of ether oxygens (including phenoxy) is 1. The monoisotopic (exact) mass is 541 g/mol. The van der Waals surface area contributed by atoms with Crippen molar-refractivity contribution in [2.75, 3.05) is 18.5 Å². The van der Waals surface area contributed by atoms with E-state index in [2.05, 4.69) is 26.7 Å². The first-order chi connectivity index (χ1) is 15.2. The van der Waals surface area contributed by atoms with Crippen molar-refractivity contribution in [2.24, 2.45) is 5.92 Å². The topological polar surface area (TPSA) is 105 Å². The van der Waals surface area contributed by atoms with Gasteiger partial charge >= 0.3 is 5.97 Å². The molecule has 0 bridgehead atoms. The highest BCUT2D eigenvalue weighted by Crippen LogP contribution is 2.29. The van der Waals surface area contributed by atoms with Crippen LogP contribution in [0.4, 0.5) is 5.69 Å². The number of anilines is 1. The van der Waals surface area contributed by atoms with E-state index in [9.17, 15) is 19.2 Å². The van der Waals surface area contributed by atoms with Gasteiger partial charge in [-0.15, -0.1) is 0 Å². The van der Waals surface area contributed by atoms with E-state index in [0.29, 0.717) is 15.2 Å². The van der Waals surface area contributed by atoms with Crippen molar-refractivity contribution in [3.63, 3.8) is 0 Å². The molecule has 0 aliphatic carbocycles. The molecule has 11 heteroatoms. The normalized spacial score (nSPS) is 15.4. The zero-order valence-corrected chi connectivity index (χ0v) is 19.9. The van der Waals surface area contributed by atoms with E-state index in [1.165, 1.54) is 6.07 Å². The minimum absolute atomic E-state index is 0.0725. The van der Waals surface area contributed by atoms with E-state index in [-0.39, 0.29) is 23.6 Å². The van der Waals surface area contributed by atoms with Gasteiger partial charge in [0.05, 0.1) is 28.1 Å². The quantitative estimate of drug-likeness (QED) is 0.541. The van der Waals surface area contributed by atoms with Crippen LogP contribution in [0.1, 0.15) is 22.3 Å². The van der Waals surface area contributed by atoms with Crippen molar-refractivity contribution in [1.29, 1.82) is 0 Å². The molecule has 0 aromatic heterocycles. The summed E-state index contributed by atoms with van der Waals surface area (Å²) < 4.78 is 5.75. The molecule has 1 heterocycles. The van der Waals surface area contributed by atoms with E-state index in [4.69, 9.17) is 27.9 Å². The highest BCUT2D eigenvalue weighted by molar-refractivity contribution is 9.10. The molecule has 3 rings (SSSR count). The molecule has 0 radical (unpaired) electrons. The van der Waals surface area contributed by atoms with Gasteiger partial charge in [0, 0.05) is 16.6 Å². The van der Waals surface area contributed by atoms with Crippen molar-refractivity contribution in [3.05, 3.63) is 62.0 Å². The van der Waals surface area contributed by atoms with Crippen LogP contribution in [0.5, 0.6) is 0 Å². The summed E-state index contributed by atoms with van der Waals surface area (Å²) in [7, 11) is 0. The molecule has 8 nitrogen and oxygen atoms in total. The highest BCUT2D eigenvalue weighted by atomic mass is 79.9. The number of amides is 3. The number of carbonyl (C=O) groups excluding carboxylic acids is 4. The Kier molecular flexibility index (Phi) is 7.76. The van der Waals surface area contributed by atoms with Crippen molar-refractivity contribution in [1.82, 2.24) is 10.4 Å². The predicted octanol–water partition coefficient (Wildman–Crippen LogP) is 3.74. The third-order valence-electron chi connectivity index (χ3n) is 4.70. The van der Waals surface area contributed by atoms with Crippen LogP contribution >= 0.6 is 39.1 Å². The number of nitrogens with zero attached hydrogens (tertiary/aromatic N) is 1. The number of hydrogen-bond acceptors (Lipinski definition) is 5. The molecule has 1 fully saturated rings. The Morgan fingerprint density at radius 1 is 1.19 bits per heavy atom. The molecule has 1 atom stereocenters. The number of halogens is 3. The van der Waals surface area contributed by atoms with Gasteiger partial charge in [-0.3, -0.25) is 29.6 Å². The first-order valence-electron chi connectivity index (χ1n) is 9.43. The van der Waals surface area contributed by atoms with E-state index in [1.54, 1.807) is 37.3 Å². The molecule has 1 aliphatic heterocycles. The maximum Gasteiger partial charge on any atom is 0.311 e. The van der Waals surface area contributed by atoms with Gasteiger partial charge in [-0.25, -0.2) is 0 Å². The van der Waals surface area contributed by atoms with Crippen molar-refractivity contribution in [2.45, 2.75) is 13.3 Å². The van der Waals surface area contributed by atoms with Gasteiger partial charge in [-0.1, -0.05) is 35.3 Å². The Morgan fingerprint density at radius 2 is 1.91 bits per heavy atom. The first kappa shape index (κ1) is 24.0. The van der Waals surface area contributed by atoms with Crippen molar-refractivity contribution in [3.8, 4) is 0 Å². The van der Waals surface area contributed by atoms with Crippen LogP contribution in [0.2, 0.25) is 10.0 Å². The van der Waals surface area contributed by atoms with Crippen LogP contribution in [0.25, 0.3) is 0 Å². The Hall–Kier alpha value is -2.62. The third-order valence-corrected chi connectivity index (χ3v) is 6.23. The number of carbonyl (C=O) groups is 4. The predicted molar refractivity (Wildman–Crippen MR) is 122 cm³/mol. The molecule has 1 saturated heterocycles. The maximum atomic E-state index is 12.3. The summed E-state index contributed by atoms with van der Waals surface area (Å²) >= 11 is 15.3. The van der Waals surface area contributed by atoms with Crippen LogP contribution in [0.3, 0.4) is 0 Å². The fraction of sp³-hybridized carbons (Fsp3) is 0.238.